The lowest BCUT2D eigenvalue weighted by molar-refractivity contribution is -0.141. The van der Waals surface area contributed by atoms with Gasteiger partial charge in [0.1, 0.15) is 18.3 Å². The maximum absolute atomic E-state index is 14.4. The second-order valence-electron chi connectivity index (χ2n) is 9.16. The first-order valence-corrected chi connectivity index (χ1v) is 11.9. The van der Waals surface area contributed by atoms with Crippen molar-refractivity contribution in [2.24, 2.45) is 0 Å². The van der Waals surface area contributed by atoms with Gasteiger partial charge in [0.2, 0.25) is 17.7 Å². The van der Waals surface area contributed by atoms with Crippen molar-refractivity contribution in [3.8, 4) is 0 Å². The Labute approximate surface area is 200 Å². The first-order chi connectivity index (χ1) is 16.2. The standard InChI is InChI=1S/C27H34FN3O3/c1-5-24(32)29-18(4)27(34)31-16-22(28)15-23(31)26(33)30-25(20-9-7-6-8-10-20)21-13-11-19(12-14-21)17(2)3/h6-14,17-18,22-23,25H,5,15-16H2,1-4H3,(H,29,32)(H,30,33). The molecule has 4 atom stereocenters. The van der Waals surface area contributed by atoms with Gasteiger partial charge in [0.25, 0.3) is 0 Å². The lowest BCUT2D eigenvalue weighted by Gasteiger charge is -2.29. The van der Waals surface area contributed by atoms with Gasteiger partial charge in [-0.3, -0.25) is 14.4 Å². The van der Waals surface area contributed by atoms with Crippen LogP contribution in [-0.4, -0.2) is 47.4 Å². The molecule has 4 unspecified atom stereocenters. The highest BCUT2D eigenvalue weighted by Gasteiger charge is 2.42. The molecule has 1 fully saturated rings. The molecule has 1 aliphatic heterocycles. The third-order valence-corrected chi connectivity index (χ3v) is 6.26. The summed E-state index contributed by atoms with van der Waals surface area (Å²) in [5, 5.41) is 5.65. The number of rotatable bonds is 8. The summed E-state index contributed by atoms with van der Waals surface area (Å²) in [6.45, 7) is 7.32. The van der Waals surface area contributed by atoms with Gasteiger partial charge < -0.3 is 15.5 Å². The minimum Gasteiger partial charge on any atom is -0.345 e. The molecular formula is C27H34FN3O3. The van der Waals surface area contributed by atoms with E-state index in [2.05, 4.69) is 24.5 Å². The zero-order valence-electron chi connectivity index (χ0n) is 20.3. The Bertz CT molecular complexity index is 994. The van der Waals surface area contributed by atoms with Crippen LogP contribution < -0.4 is 10.6 Å². The van der Waals surface area contributed by atoms with E-state index in [1.165, 1.54) is 10.5 Å². The molecule has 182 valence electrons. The van der Waals surface area contributed by atoms with E-state index < -0.39 is 36.1 Å². The summed E-state index contributed by atoms with van der Waals surface area (Å²) in [7, 11) is 0. The molecule has 6 nitrogen and oxygen atoms in total. The molecule has 0 aliphatic carbocycles. The van der Waals surface area contributed by atoms with Gasteiger partial charge >= 0.3 is 0 Å². The Morgan fingerprint density at radius 3 is 2.12 bits per heavy atom. The van der Waals surface area contributed by atoms with Gasteiger partial charge in [-0.15, -0.1) is 0 Å². The van der Waals surface area contributed by atoms with Crippen LogP contribution in [0.25, 0.3) is 0 Å². The predicted octanol–water partition coefficient (Wildman–Crippen LogP) is 3.87. The van der Waals surface area contributed by atoms with Gasteiger partial charge in [0, 0.05) is 12.8 Å². The van der Waals surface area contributed by atoms with E-state index in [9.17, 15) is 18.8 Å². The van der Waals surface area contributed by atoms with Crippen LogP contribution in [0, 0.1) is 0 Å². The monoisotopic (exact) mass is 467 g/mol. The van der Waals surface area contributed by atoms with Crippen LogP contribution in [0.15, 0.2) is 54.6 Å². The number of hydrogen-bond acceptors (Lipinski definition) is 3. The van der Waals surface area contributed by atoms with E-state index in [1.54, 1.807) is 13.8 Å². The van der Waals surface area contributed by atoms with Gasteiger partial charge in [0.05, 0.1) is 12.6 Å². The SMILES string of the molecule is CCC(=O)NC(C)C(=O)N1CC(F)CC1C(=O)NC(c1ccccc1)c1ccc(C(C)C)cc1. The summed E-state index contributed by atoms with van der Waals surface area (Å²) >= 11 is 0. The van der Waals surface area contributed by atoms with Crippen molar-refractivity contribution in [3.63, 3.8) is 0 Å². The summed E-state index contributed by atoms with van der Waals surface area (Å²) < 4.78 is 14.4. The number of halogens is 1. The molecule has 34 heavy (non-hydrogen) atoms. The van der Waals surface area contributed by atoms with Crippen molar-refractivity contribution in [1.29, 1.82) is 0 Å². The van der Waals surface area contributed by atoms with Crippen LogP contribution in [0.1, 0.15) is 69.2 Å². The Morgan fingerprint density at radius 2 is 1.53 bits per heavy atom. The van der Waals surface area contributed by atoms with Gasteiger partial charge in [-0.05, 0) is 29.5 Å². The molecular weight excluding hydrogens is 433 g/mol. The van der Waals surface area contributed by atoms with Gasteiger partial charge in [-0.2, -0.15) is 0 Å². The Hall–Kier alpha value is -3.22. The summed E-state index contributed by atoms with van der Waals surface area (Å²) in [5.74, 6) is -0.760. The average Bonchev–Trinajstić information content (AvgIpc) is 3.24. The lowest BCUT2D eigenvalue weighted by Crippen LogP contribution is -2.52. The number of alkyl halides is 1. The highest BCUT2D eigenvalue weighted by atomic mass is 19.1. The fourth-order valence-electron chi connectivity index (χ4n) is 4.25. The molecule has 1 heterocycles. The number of likely N-dealkylation sites (tertiary alicyclic amines) is 1. The fourth-order valence-corrected chi connectivity index (χ4v) is 4.25. The van der Waals surface area contributed by atoms with Crippen LogP contribution in [0.5, 0.6) is 0 Å². The van der Waals surface area contributed by atoms with Crippen molar-refractivity contribution < 1.29 is 18.8 Å². The summed E-state index contributed by atoms with van der Waals surface area (Å²) in [6, 6.07) is 15.4. The van der Waals surface area contributed by atoms with Crippen LogP contribution >= 0.6 is 0 Å². The molecule has 2 aromatic rings. The van der Waals surface area contributed by atoms with E-state index in [0.29, 0.717) is 5.92 Å². The first-order valence-electron chi connectivity index (χ1n) is 11.9. The predicted molar refractivity (Wildman–Crippen MR) is 130 cm³/mol. The maximum atomic E-state index is 14.4. The van der Waals surface area contributed by atoms with E-state index >= 15 is 0 Å². The smallest absolute Gasteiger partial charge is 0.245 e. The second kappa shape index (κ2) is 11.3. The van der Waals surface area contributed by atoms with Crippen molar-refractivity contribution in [2.75, 3.05) is 6.54 Å². The van der Waals surface area contributed by atoms with Crippen molar-refractivity contribution in [2.45, 2.75) is 70.8 Å². The number of benzene rings is 2. The Kier molecular flexibility index (Phi) is 8.42. The average molecular weight is 468 g/mol. The molecule has 2 N–H and O–H groups in total. The van der Waals surface area contributed by atoms with Gasteiger partial charge in [0.15, 0.2) is 0 Å². The molecule has 3 amide bonds. The number of carbonyl (C=O) groups is 3. The third-order valence-electron chi connectivity index (χ3n) is 6.26. The zero-order valence-corrected chi connectivity index (χ0v) is 20.3. The quantitative estimate of drug-likeness (QED) is 0.619. The lowest BCUT2D eigenvalue weighted by atomic mass is 9.95. The Balaban J connectivity index is 1.83. The van der Waals surface area contributed by atoms with E-state index in [1.807, 2.05) is 54.6 Å². The van der Waals surface area contributed by atoms with E-state index in [4.69, 9.17) is 0 Å². The van der Waals surface area contributed by atoms with Gasteiger partial charge in [-0.1, -0.05) is 75.4 Å². The number of nitrogens with one attached hydrogen (secondary N) is 2. The molecule has 0 spiro atoms. The normalized spacial score (nSPS) is 19.5. The molecule has 0 saturated carbocycles. The fraction of sp³-hybridized carbons (Fsp3) is 0.444. The number of hydrogen-bond donors (Lipinski definition) is 2. The molecule has 1 saturated heterocycles. The molecule has 0 bridgehead atoms. The molecule has 1 aliphatic rings. The zero-order chi connectivity index (χ0) is 24.8. The minimum atomic E-state index is -1.30. The number of amides is 3. The molecule has 3 rings (SSSR count). The number of carbonyl (C=O) groups excluding carboxylic acids is 3. The van der Waals surface area contributed by atoms with Crippen molar-refractivity contribution >= 4 is 17.7 Å². The van der Waals surface area contributed by atoms with Crippen LogP contribution in [0.2, 0.25) is 0 Å². The van der Waals surface area contributed by atoms with Crippen LogP contribution in [0.4, 0.5) is 4.39 Å². The topological polar surface area (TPSA) is 78.5 Å². The summed E-state index contributed by atoms with van der Waals surface area (Å²) in [6.07, 6.45) is -1.13. The minimum absolute atomic E-state index is 0.0696. The molecule has 0 aromatic heterocycles. The third kappa shape index (κ3) is 6.01. The summed E-state index contributed by atoms with van der Waals surface area (Å²) in [5.41, 5.74) is 2.99. The molecule has 0 radical (unpaired) electrons. The van der Waals surface area contributed by atoms with E-state index in [-0.39, 0.29) is 25.3 Å². The maximum Gasteiger partial charge on any atom is 0.245 e. The Morgan fingerprint density at radius 1 is 0.941 bits per heavy atom. The van der Waals surface area contributed by atoms with Gasteiger partial charge in [-0.25, -0.2) is 4.39 Å². The largest absolute Gasteiger partial charge is 0.345 e. The van der Waals surface area contributed by atoms with E-state index in [0.717, 1.165) is 11.1 Å². The molecule has 7 heteroatoms. The van der Waals surface area contributed by atoms with Crippen molar-refractivity contribution in [1.82, 2.24) is 15.5 Å². The number of nitrogens with zero attached hydrogens (tertiary/aromatic N) is 1. The highest BCUT2D eigenvalue weighted by Crippen LogP contribution is 2.27. The van der Waals surface area contributed by atoms with Crippen LogP contribution in [0.3, 0.4) is 0 Å². The highest BCUT2D eigenvalue weighted by molar-refractivity contribution is 5.92. The summed E-state index contributed by atoms with van der Waals surface area (Å²) in [4.78, 5) is 39.3. The first kappa shape index (κ1) is 25.4. The second-order valence-corrected chi connectivity index (χ2v) is 9.16. The van der Waals surface area contributed by atoms with Crippen molar-refractivity contribution in [3.05, 3.63) is 71.3 Å². The molecule has 2 aromatic carbocycles. The van der Waals surface area contributed by atoms with Crippen LogP contribution in [-0.2, 0) is 14.4 Å².